The fourth-order valence-corrected chi connectivity index (χ4v) is 8.12. The van der Waals surface area contributed by atoms with Crippen molar-refractivity contribution in [2.75, 3.05) is 13.2 Å². The van der Waals surface area contributed by atoms with E-state index in [0.29, 0.717) is 12.9 Å². The summed E-state index contributed by atoms with van der Waals surface area (Å²) in [4.78, 5) is 0. The molecule has 0 aromatic heterocycles. The van der Waals surface area contributed by atoms with Crippen LogP contribution in [0.1, 0.15) is 0 Å². The maximum atomic E-state index is 12.7. The van der Waals surface area contributed by atoms with E-state index in [1.165, 1.54) is 36.4 Å². The zero-order valence-corrected chi connectivity index (χ0v) is 15.6. The summed E-state index contributed by atoms with van der Waals surface area (Å²) in [5.74, 6) is 0.403. The van der Waals surface area contributed by atoms with Crippen LogP contribution in [0.15, 0.2) is 54.6 Å². The summed E-state index contributed by atoms with van der Waals surface area (Å²) in [5.41, 5.74) is -5.48. The zero-order chi connectivity index (χ0) is 18.5. The number of aliphatic hydroxyl groups excluding tert-OH is 1. The second kappa shape index (κ2) is 8.34. The van der Waals surface area contributed by atoms with Crippen LogP contribution in [0, 0.1) is 7.14 Å². The Morgan fingerprint density at radius 3 is 2.04 bits per heavy atom. The van der Waals surface area contributed by atoms with Gasteiger partial charge in [0.05, 0.1) is 0 Å². The topological polar surface area (TPSA) is 72.8 Å². The van der Waals surface area contributed by atoms with Gasteiger partial charge in [0.2, 0.25) is 0 Å². The number of hydrogen-bond acceptors (Lipinski definition) is 5. The summed E-state index contributed by atoms with van der Waals surface area (Å²) in [6.07, 6.45) is 0. The van der Waals surface area contributed by atoms with Crippen molar-refractivity contribution in [1.82, 2.24) is 0 Å². The van der Waals surface area contributed by atoms with Gasteiger partial charge in [-0.2, -0.15) is 0 Å². The quantitative estimate of drug-likeness (QED) is 0.476. The van der Waals surface area contributed by atoms with Crippen LogP contribution in [-0.4, -0.2) is 32.2 Å². The third-order valence-electron chi connectivity index (χ3n) is 2.73. The summed E-state index contributed by atoms with van der Waals surface area (Å²) < 4.78 is 71.6. The molecule has 0 radical (unpaired) electrons. The molecule has 0 bridgehead atoms. The van der Waals surface area contributed by atoms with Crippen molar-refractivity contribution in [1.29, 1.82) is 0 Å². The van der Waals surface area contributed by atoms with Crippen molar-refractivity contribution in [2.24, 2.45) is 0 Å². The Hall–Kier alpha value is -1.37. The van der Waals surface area contributed by atoms with Crippen LogP contribution < -0.4 is 4.74 Å². The van der Waals surface area contributed by atoms with Crippen LogP contribution >= 0.6 is 20.2 Å². The normalized spacial score (nSPS) is 12.7. The van der Waals surface area contributed by atoms with Crippen LogP contribution in [0.4, 0.5) is 13.2 Å². The molecule has 0 amide bonds. The van der Waals surface area contributed by atoms with E-state index in [4.69, 9.17) is 9.84 Å². The molecule has 0 spiro atoms. The molecule has 2 rings (SSSR count). The second-order valence-corrected chi connectivity index (χ2v) is 11.0. The van der Waals surface area contributed by atoms with Crippen LogP contribution in [0.2, 0.25) is 0 Å². The van der Waals surface area contributed by atoms with Crippen LogP contribution in [0.25, 0.3) is 0 Å². The Balaban J connectivity index is 2.36. The molecule has 2 aromatic carbocycles. The van der Waals surface area contributed by atoms with Gasteiger partial charge in [-0.05, 0) is 0 Å². The van der Waals surface area contributed by atoms with Crippen molar-refractivity contribution >= 4 is 30.4 Å². The summed E-state index contributed by atoms with van der Waals surface area (Å²) in [5, 5.41) is 8.71. The van der Waals surface area contributed by atoms with Gasteiger partial charge in [-0.25, -0.2) is 0 Å². The minimum absolute atomic E-state index is 0.0688. The number of hydrogen-bond donors (Lipinski definition) is 1. The molecule has 0 saturated heterocycles. The van der Waals surface area contributed by atoms with Gasteiger partial charge in [-0.3, -0.25) is 0 Å². The maximum absolute atomic E-state index is 12.7. The first-order valence-corrected chi connectivity index (χ1v) is 11.3. The number of aliphatic hydroxyl groups is 1. The Morgan fingerprint density at radius 1 is 0.960 bits per heavy atom. The molecule has 0 unspecified atom stereocenters. The van der Waals surface area contributed by atoms with Crippen molar-refractivity contribution in [3.05, 3.63) is 61.7 Å². The average molecular weight is 490 g/mol. The van der Waals surface area contributed by atoms with E-state index in [9.17, 15) is 21.6 Å². The van der Waals surface area contributed by atoms with E-state index < -0.39 is 35.9 Å². The molecule has 25 heavy (non-hydrogen) atoms. The van der Waals surface area contributed by atoms with Gasteiger partial charge in [-0.1, -0.05) is 0 Å². The van der Waals surface area contributed by atoms with Gasteiger partial charge < -0.3 is 0 Å². The Morgan fingerprint density at radius 2 is 1.52 bits per heavy atom. The standard InChI is InChI=1S/C15H14F3IO5S/c16-15(17,18)25(21,22)24-19(12-4-2-1-3-5-12)13-6-8-14(9-7-13)23-11-10-20/h1-9,20H,10-11H2. The first kappa shape index (κ1) is 19.9. The van der Waals surface area contributed by atoms with Gasteiger partial charge in [-0.15, -0.1) is 0 Å². The zero-order valence-electron chi connectivity index (χ0n) is 12.6. The fraction of sp³-hybridized carbons (Fsp3) is 0.200. The average Bonchev–Trinajstić information content (AvgIpc) is 2.58. The monoisotopic (exact) mass is 490 g/mol. The molecule has 0 aliphatic heterocycles. The molecule has 5 nitrogen and oxygen atoms in total. The molecule has 1 N–H and O–H groups in total. The van der Waals surface area contributed by atoms with E-state index in [1.807, 2.05) is 0 Å². The second-order valence-electron chi connectivity index (χ2n) is 4.53. The van der Waals surface area contributed by atoms with E-state index in [1.54, 1.807) is 18.2 Å². The first-order chi connectivity index (χ1) is 11.7. The summed E-state index contributed by atoms with van der Waals surface area (Å²) >= 11 is -3.35. The van der Waals surface area contributed by atoms with Crippen LogP contribution in [-0.2, 0) is 12.6 Å². The molecular weight excluding hydrogens is 476 g/mol. The molecule has 0 aliphatic rings. The van der Waals surface area contributed by atoms with E-state index in [2.05, 4.69) is 2.51 Å². The molecular formula is C15H14F3IO5S. The fourth-order valence-electron chi connectivity index (χ4n) is 1.66. The van der Waals surface area contributed by atoms with Crippen LogP contribution in [0.3, 0.4) is 0 Å². The van der Waals surface area contributed by atoms with Gasteiger partial charge in [0, 0.05) is 0 Å². The van der Waals surface area contributed by atoms with Crippen molar-refractivity contribution in [2.45, 2.75) is 5.51 Å². The molecule has 0 atom stereocenters. The summed E-state index contributed by atoms with van der Waals surface area (Å²) in [7, 11) is -5.71. The predicted molar refractivity (Wildman–Crippen MR) is 92.9 cm³/mol. The Kier molecular flexibility index (Phi) is 6.65. The summed E-state index contributed by atoms with van der Waals surface area (Å²) in [6, 6.07) is 13.9. The van der Waals surface area contributed by atoms with Gasteiger partial charge >= 0.3 is 151 Å². The van der Waals surface area contributed by atoms with Crippen molar-refractivity contribution in [3.8, 4) is 5.75 Å². The Bertz CT molecular complexity index is 779. The van der Waals surface area contributed by atoms with Crippen molar-refractivity contribution < 1.29 is 33.9 Å². The number of alkyl halides is 3. The minimum atomic E-state index is -5.71. The van der Waals surface area contributed by atoms with Crippen molar-refractivity contribution in [3.63, 3.8) is 0 Å². The molecule has 0 fully saturated rings. The first-order valence-electron chi connectivity index (χ1n) is 6.84. The number of ether oxygens (including phenoxy) is 1. The number of halogens is 4. The molecule has 2 aromatic rings. The van der Waals surface area contributed by atoms with Gasteiger partial charge in [0.1, 0.15) is 0 Å². The molecule has 0 aliphatic carbocycles. The molecule has 10 heteroatoms. The third kappa shape index (κ3) is 5.30. The number of rotatable bonds is 7. The number of benzene rings is 2. The van der Waals surface area contributed by atoms with Gasteiger partial charge in [0.25, 0.3) is 0 Å². The van der Waals surface area contributed by atoms with Crippen LogP contribution in [0.5, 0.6) is 5.75 Å². The third-order valence-corrected chi connectivity index (χ3v) is 9.79. The summed E-state index contributed by atoms with van der Waals surface area (Å²) in [6.45, 7) is -0.115. The molecule has 138 valence electrons. The molecule has 0 heterocycles. The Labute approximate surface area is 150 Å². The van der Waals surface area contributed by atoms with Gasteiger partial charge in [0.15, 0.2) is 0 Å². The van der Waals surface area contributed by atoms with E-state index in [0.717, 1.165) is 0 Å². The van der Waals surface area contributed by atoms with E-state index in [-0.39, 0.29) is 13.2 Å². The predicted octanol–water partition coefficient (Wildman–Crippen LogP) is 3.38. The SMILES string of the molecule is O=S(=O)(OI(c1ccccc1)c1ccc(OCCO)cc1)C(F)(F)F. The van der Waals surface area contributed by atoms with E-state index >= 15 is 0 Å². The molecule has 0 saturated carbocycles.